The second-order valence-electron chi connectivity index (χ2n) is 8.37. The number of benzene rings is 3. The van der Waals surface area contributed by atoms with Gasteiger partial charge in [0, 0.05) is 48.0 Å². The van der Waals surface area contributed by atoms with Crippen molar-refractivity contribution in [3.05, 3.63) is 119 Å². The van der Waals surface area contributed by atoms with Crippen molar-refractivity contribution in [2.45, 2.75) is 20.0 Å². The number of carbonyl (C=O) groups is 2. The molecule has 0 spiro atoms. The van der Waals surface area contributed by atoms with E-state index in [1.54, 1.807) is 24.1 Å². The number of rotatable bonds is 3. The lowest BCUT2D eigenvalue weighted by atomic mass is 10.1. The van der Waals surface area contributed by atoms with Crippen LogP contribution in [-0.2, 0) is 13.1 Å². The molecule has 5 nitrogen and oxygen atoms in total. The zero-order valence-electron chi connectivity index (χ0n) is 18.7. The Morgan fingerprint density at radius 2 is 1.55 bits per heavy atom. The predicted octanol–water partition coefficient (Wildman–Crippen LogP) is 5.28. The third kappa shape index (κ3) is 3.82. The van der Waals surface area contributed by atoms with Crippen LogP contribution in [0.25, 0.3) is 0 Å². The summed E-state index contributed by atoms with van der Waals surface area (Å²) in [5, 5.41) is 0. The zero-order chi connectivity index (χ0) is 22.9. The molecule has 2 heterocycles. The van der Waals surface area contributed by atoms with Crippen LogP contribution < -0.4 is 9.80 Å². The van der Waals surface area contributed by atoms with Crippen LogP contribution in [0.5, 0.6) is 0 Å². The highest BCUT2D eigenvalue weighted by molar-refractivity contribution is 6.08. The molecule has 33 heavy (non-hydrogen) atoms. The minimum Gasteiger partial charge on any atom is -0.345 e. The first-order valence-electron chi connectivity index (χ1n) is 11.0. The van der Waals surface area contributed by atoms with E-state index < -0.39 is 0 Å². The molecule has 0 atom stereocenters. The first kappa shape index (κ1) is 20.8. The van der Waals surface area contributed by atoms with Gasteiger partial charge in [-0.3, -0.25) is 9.59 Å². The fraction of sp³-hybridized carbons (Fsp3) is 0.143. The predicted molar refractivity (Wildman–Crippen MR) is 131 cm³/mol. The number of aryl methyl sites for hydroxylation is 1. The summed E-state index contributed by atoms with van der Waals surface area (Å²) in [4.78, 5) is 30.0. The largest absolute Gasteiger partial charge is 0.345 e. The summed E-state index contributed by atoms with van der Waals surface area (Å²) in [5.74, 6) is -0.133. The lowest BCUT2D eigenvalue weighted by Crippen LogP contribution is -2.31. The van der Waals surface area contributed by atoms with Crippen LogP contribution in [0.2, 0.25) is 0 Å². The van der Waals surface area contributed by atoms with E-state index in [-0.39, 0.29) is 11.8 Å². The van der Waals surface area contributed by atoms with Gasteiger partial charge >= 0.3 is 0 Å². The van der Waals surface area contributed by atoms with Crippen LogP contribution in [0.3, 0.4) is 0 Å². The summed E-state index contributed by atoms with van der Waals surface area (Å²) in [7, 11) is 1.75. The maximum absolute atomic E-state index is 13.6. The van der Waals surface area contributed by atoms with Crippen molar-refractivity contribution in [2.24, 2.45) is 0 Å². The highest BCUT2D eigenvalue weighted by Crippen LogP contribution is 2.29. The van der Waals surface area contributed by atoms with Crippen LogP contribution in [-0.4, -0.2) is 23.4 Å². The highest BCUT2D eigenvalue weighted by atomic mass is 16.2. The monoisotopic (exact) mass is 435 g/mol. The second kappa shape index (κ2) is 8.43. The number of nitrogens with zero attached hydrogens (tertiary/aromatic N) is 3. The van der Waals surface area contributed by atoms with Gasteiger partial charge in [-0.2, -0.15) is 0 Å². The Bertz CT molecular complexity index is 1340. The topological polar surface area (TPSA) is 45.6 Å². The standard InChI is InChI=1S/C28H25N3O2/c1-20-8-3-5-11-25(20)28(33)29(2)23-15-13-21(14-16-23)27(32)31-19-24-10-7-17-30(24)18-22-9-4-6-12-26(22)31/h3-17H,18-19H2,1-2H3. The number of aromatic nitrogens is 1. The van der Waals surface area contributed by atoms with Crippen molar-refractivity contribution in [2.75, 3.05) is 16.8 Å². The summed E-state index contributed by atoms with van der Waals surface area (Å²) >= 11 is 0. The second-order valence-corrected chi connectivity index (χ2v) is 8.37. The number of hydrogen-bond acceptors (Lipinski definition) is 2. The highest BCUT2D eigenvalue weighted by Gasteiger charge is 2.25. The van der Waals surface area contributed by atoms with E-state index in [2.05, 4.69) is 22.9 Å². The van der Waals surface area contributed by atoms with E-state index in [1.165, 1.54) is 0 Å². The van der Waals surface area contributed by atoms with E-state index >= 15 is 0 Å². The number of anilines is 2. The smallest absolute Gasteiger partial charge is 0.258 e. The van der Waals surface area contributed by atoms with E-state index in [0.29, 0.717) is 17.7 Å². The van der Waals surface area contributed by atoms with Gasteiger partial charge in [0.1, 0.15) is 0 Å². The van der Waals surface area contributed by atoms with Crippen molar-refractivity contribution >= 4 is 23.2 Å². The van der Waals surface area contributed by atoms with Gasteiger partial charge in [0.25, 0.3) is 11.8 Å². The lowest BCUT2D eigenvalue weighted by Gasteiger charge is -2.23. The molecular formula is C28H25N3O2. The molecule has 0 unspecified atom stereocenters. The molecule has 0 aliphatic carbocycles. The zero-order valence-corrected chi connectivity index (χ0v) is 18.7. The Morgan fingerprint density at radius 3 is 2.33 bits per heavy atom. The van der Waals surface area contributed by atoms with Gasteiger partial charge in [-0.25, -0.2) is 0 Å². The number of amides is 2. The van der Waals surface area contributed by atoms with Gasteiger partial charge in [0.15, 0.2) is 0 Å². The lowest BCUT2D eigenvalue weighted by molar-refractivity contribution is 0.0981. The average Bonchev–Trinajstić information content (AvgIpc) is 3.22. The third-order valence-corrected chi connectivity index (χ3v) is 6.29. The summed E-state index contributed by atoms with van der Waals surface area (Å²) in [5.41, 5.74) is 6.08. The van der Waals surface area contributed by atoms with Gasteiger partial charge in [0.05, 0.1) is 6.54 Å². The SMILES string of the molecule is Cc1ccccc1C(=O)N(C)c1ccc(C(=O)N2Cc3cccn3Cc3ccccc32)cc1. The molecule has 0 saturated heterocycles. The first-order valence-corrected chi connectivity index (χ1v) is 11.0. The summed E-state index contributed by atoms with van der Waals surface area (Å²) in [6.07, 6.45) is 2.05. The average molecular weight is 436 g/mol. The molecule has 0 fully saturated rings. The molecule has 2 amide bonds. The Labute approximate surface area is 193 Å². The molecule has 4 aromatic rings. The van der Waals surface area contributed by atoms with Crippen molar-refractivity contribution in [1.29, 1.82) is 0 Å². The Morgan fingerprint density at radius 1 is 0.818 bits per heavy atom. The van der Waals surface area contributed by atoms with Gasteiger partial charge < -0.3 is 14.4 Å². The number of fused-ring (bicyclic) bond motifs is 2. The number of para-hydroxylation sites is 1. The van der Waals surface area contributed by atoms with Crippen molar-refractivity contribution in [1.82, 2.24) is 4.57 Å². The molecule has 0 bridgehead atoms. The quantitative estimate of drug-likeness (QED) is 0.439. The van der Waals surface area contributed by atoms with Gasteiger partial charge in [-0.1, -0.05) is 36.4 Å². The molecule has 0 radical (unpaired) electrons. The summed E-state index contributed by atoms with van der Waals surface area (Å²) in [6.45, 7) is 3.18. The maximum atomic E-state index is 13.6. The van der Waals surface area contributed by atoms with E-state index in [4.69, 9.17) is 0 Å². The fourth-order valence-electron chi connectivity index (χ4n) is 4.36. The van der Waals surface area contributed by atoms with Crippen LogP contribution in [0.15, 0.2) is 91.1 Å². The minimum atomic E-state index is -0.0746. The number of hydrogen-bond donors (Lipinski definition) is 0. The normalized spacial score (nSPS) is 12.5. The van der Waals surface area contributed by atoms with E-state index in [0.717, 1.165) is 34.7 Å². The van der Waals surface area contributed by atoms with Crippen molar-refractivity contribution in [3.8, 4) is 0 Å². The minimum absolute atomic E-state index is 0.0588. The molecule has 0 saturated carbocycles. The van der Waals surface area contributed by atoms with E-state index in [1.807, 2.05) is 72.5 Å². The molecule has 3 aromatic carbocycles. The maximum Gasteiger partial charge on any atom is 0.258 e. The van der Waals surface area contributed by atoms with Gasteiger partial charge in [-0.05, 0) is 66.6 Å². The third-order valence-electron chi connectivity index (χ3n) is 6.29. The molecule has 5 heteroatoms. The van der Waals surface area contributed by atoms with Crippen LogP contribution >= 0.6 is 0 Å². The van der Waals surface area contributed by atoms with Crippen LogP contribution in [0, 0.1) is 6.92 Å². The molecule has 0 N–H and O–H groups in total. The van der Waals surface area contributed by atoms with Crippen LogP contribution in [0.4, 0.5) is 11.4 Å². The summed E-state index contributed by atoms with van der Waals surface area (Å²) < 4.78 is 2.18. The molecule has 1 aromatic heterocycles. The first-order chi connectivity index (χ1) is 16.0. The van der Waals surface area contributed by atoms with Gasteiger partial charge in [0.2, 0.25) is 0 Å². The van der Waals surface area contributed by atoms with Crippen LogP contribution in [0.1, 0.15) is 37.5 Å². The van der Waals surface area contributed by atoms with E-state index in [9.17, 15) is 9.59 Å². The Hall–Kier alpha value is -4.12. The Balaban J connectivity index is 1.42. The fourth-order valence-corrected chi connectivity index (χ4v) is 4.36. The molecule has 1 aliphatic rings. The summed E-state index contributed by atoms with van der Waals surface area (Å²) in [6, 6.07) is 26.9. The molecular weight excluding hydrogens is 410 g/mol. The molecule has 5 rings (SSSR count). The number of carbonyl (C=O) groups excluding carboxylic acids is 2. The van der Waals surface area contributed by atoms with Crippen molar-refractivity contribution in [3.63, 3.8) is 0 Å². The molecule has 1 aliphatic heterocycles. The molecule has 164 valence electrons. The van der Waals surface area contributed by atoms with Gasteiger partial charge in [-0.15, -0.1) is 0 Å². The Kier molecular flexibility index (Phi) is 5.31. The van der Waals surface area contributed by atoms with Crippen molar-refractivity contribution < 1.29 is 9.59 Å².